The van der Waals surface area contributed by atoms with E-state index in [0.29, 0.717) is 22.1 Å². The van der Waals surface area contributed by atoms with Crippen molar-refractivity contribution in [3.05, 3.63) is 81.5 Å². The van der Waals surface area contributed by atoms with Crippen molar-refractivity contribution < 1.29 is 19.4 Å². The Labute approximate surface area is 165 Å². The van der Waals surface area contributed by atoms with E-state index in [1.807, 2.05) is 48.5 Å². The predicted molar refractivity (Wildman–Crippen MR) is 106 cm³/mol. The van der Waals surface area contributed by atoms with E-state index >= 15 is 0 Å². The van der Waals surface area contributed by atoms with E-state index in [9.17, 15) is 9.59 Å². The minimum atomic E-state index is -0.983. The number of hydrazone groups is 1. The zero-order valence-electron chi connectivity index (χ0n) is 14.9. The zero-order valence-corrected chi connectivity index (χ0v) is 15.7. The number of carbonyl (C=O) groups excluding carboxylic acids is 1. The van der Waals surface area contributed by atoms with Crippen LogP contribution in [0.5, 0.6) is 11.5 Å². The Balaban J connectivity index is 1.62. The molecule has 0 unspecified atom stereocenters. The molecular formula is C21H16N2O4S. The topological polar surface area (TPSA) is 88.0 Å². The molecule has 2 aromatic carbocycles. The van der Waals surface area contributed by atoms with E-state index in [4.69, 9.17) is 9.84 Å². The number of nitrogens with one attached hydrogen (secondary N) is 1. The van der Waals surface area contributed by atoms with Crippen molar-refractivity contribution in [3.8, 4) is 11.5 Å². The Hall–Kier alpha value is -3.45. The first-order valence-electron chi connectivity index (χ1n) is 8.58. The van der Waals surface area contributed by atoms with Crippen LogP contribution in [-0.2, 0) is 4.79 Å². The summed E-state index contributed by atoms with van der Waals surface area (Å²) in [5, 5.41) is 13.2. The highest BCUT2D eigenvalue weighted by molar-refractivity contribution is 7.15. The summed E-state index contributed by atoms with van der Waals surface area (Å²) in [5.41, 5.74) is 4.71. The summed E-state index contributed by atoms with van der Waals surface area (Å²) in [6.07, 6.45) is 0. The van der Waals surface area contributed by atoms with Crippen molar-refractivity contribution in [2.75, 3.05) is 0 Å². The van der Waals surface area contributed by atoms with Crippen molar-refractivity contribution in [2.45, 2.75) is 12.8 Å². The summed E-state index contributed by atoms with van der Waals surface area (Å²) in [6, 6.07) is 18.1. The second-order valence-electron chi connectivity index (χ2n) is 6.25. The molecule has 7 heteroatoms. The Kier molecular flexibility index (Phi) is 4.67. The third-order valence-electron chi connectivity index (χ3n) is 4.45. The van der Waals surface area contributed by atoms with Crippen LogP contribution in [0.15, 0.2) is 65.8 Å². The van der Waals surface area contributed by atoms with Crippen LogP contribution in [0.2, 0.25) is 0 Å². The quantitative estimate of drug-likeness (QED) is 0.514. The molecule has 140 valence electrons. The number of hydrogen-bond acceptors (Lipinski definition) is 5. The highest BCUT2D eigenvalue weighted by Crippen LogP contribution is 2.43. The molecule has 4 rings (SSSR count). The van der Waals surface area contributed by atoms with Crippen LogP contribution < -0.4 is 10.2 Å². The van der Waals surface area contributed by atoms with Gasteiger partial charge in [-0.05, 0) is 31.2 Å². The molecule has 0 radical (unpaired) electrons. The molecule has 0 saturated carbocycles. The third kappa shape index (κ3) is 3.27. The van der Waals surface area contributed by atoms with Gasteiger partial charge in [-0.2, -0.15) is 5.10 Å². The van der Waals surface area contributed by atoms with Crippen molar-refractivity contribution >= 4 is 28.9 Å². The average Bonchev–Trinajstić information content (AvgIpc) is 3.20. The molecule has 3 aromatic rings. The standard InChI is InChI=1S/C21H16N2O4S/c1-12(17-10-11-18(28-17)21(25)26)22-23-20(24)19-13-6-2-4-8-15(13)27-16-9-5-3-7-14(16)19/h2-11,19H,1H3,(H,23,24)(H,25,26). The van der Waals surface area contributed by atoms with Crippen molar-refractivity contribution in [2.24, 2.45) is 5.10 Å². The van der Waals surface area contributed by atoms with Crippen LogP contribution in [0.4, 0.5) is 0 Å². The van der Waals surface area contributed by atoms with Gasteiger partial charge in [-0.1, -0.05) is 36.4 Å². The van der Waals surface area contributed by atoms with Gasteiger partial charge in [-0.25, -0.2) is 10.2 Å². The molecule has 1 aliphatic heterocycles. The normalized spacial score (nSPS) is 13.2. The van der Waals surface area contributed by atoms with Gasteiger partial charge in [0.1, 0.15) is 16.4 Å². The van der Waals surface area contributed by atoms with E-state index in [2.05, 4.69) is 10.5 Å². The molecule has 0 bridgehead atoms. The highest BCUT2D eigenvalue weighted by atomic mass is 32.1. The number of benzene rings is 2. The number of thiophene rings is 1. The fraction of sp³-hybridized carbons (Fsp3) is 0.0952. The monoisotopic (exact) mass is 392 g/mol. The summed E-state index contributed by atoms with van der Waals surface area (Å²) in [4.78, 5) is 25.0. The number of para-hydroxylation sites is 2. The number of carboxylic acid groups (broad SMARTS) is 1. The number of hydrogen-bond donors (Lipinski definition) is 2. The molecule has 0 aliphatic carbocycles. The van der Waals surface area contributed by atoms with Crippen LogP contribution in [0.25, 0.3) is 0 Å². The van der Waals surface area contributed by atoms with Gasteiger partial charge in [-0.15, -0.1) is 11.3 Å². The van der Waals surface area contributed by atoms with Crippen LogP contribution in [-0.4, -0.2) is 22.7 Å². The van der Waals surface area contributed by atoms with E-state index in [1.165, 1.54) is 6.07 Å². The number of nitrogens with zero attached hydrogens (tertiary/aromatic N) is 1. The Morgan fingerprint density at radius 2 is 1.54 bits per heavy atom. The van der Waals surface area contributed by atoms with Gasteiger partial charge in [-0.3, -0.25) is 4.79 Å². The molecule has 1 aliphatic rings. The summed E-state index contributed by atoms with van der Waals surface area (Å²) in [5.74, 6) is -0.519. The third-order valence-corrected chi connectivity index (χ3v) is 5.63. The summed E-state index contributed by atoms with van der Waals surface area (Å²) in [7, 11) is 0. The molecular weight excluding hydrogens is 376 g/mol. The lowest BCUT2D eigenvalue weighted by Gasteiger charge is -2.26. The SMILES string of the molecule is CC(=NNC(=O)C1c2ccccc2Oc2ccccc21)c1ccc(C(=O)O)s1. The van der Waals surface area contributed by atoms with Crippen molar-refractivity contribution in [3.63, 3.8) is 0 Å². The Morgan fingerprint density at radius 3 is 2.11 bits per heavy atom. The lowest BCUT2D eigenvalue weighted by Crippen LogP contribution is -2.29. The Bertz CT molecular complexity index is 1060. The number of ether oxygens (including phenoxy) is 1. The van der Waals surface area contributed by atoms with E-state index in [0.717, 1.165) is 22.5 Å². The Morgan fingerprint density at radius 1 is 0.964 bits per heavy atom. The fourth-order valence-electron chi connectivity index (χ4n) is 3.10. The van der Waals surface area contributed by atoms with Gasteiger partial charge in [0, 0.05) is 11.1 Å². The molecule has 2 N–H and O–H groups in total. The van der Waals surface area contributed by atoms with Crippen LogP contribution >= 0.6 is 11.3 Å². The number of aromatic carboxylic acids is 1. The zero-order chi connectivity index (χ0) is 19.7. The lowest BCUT2D eigenvalue weighted by atomic mass is 9.87. The van der Waals surface area contributed by atoms with Gasteiger partial charge in [0.05, 0.1) is 16.5 Å². The first-order valence-corrected chi connectivity index (χ1v) is 9.39. The molecule has 1 amide bonds. The summed E-state index contributed by atoms with van der Waals surface area (Å²) >= 11 is 1.11. The number of rotatable bonds is 4. The maximum Gasteiger partial charge on any atom is 0.345 e. The van der Waals surface area contributed by atoms with Gasteiger partial charge in [0.15, 0.2) is 0 Å². The molecule has 1 aromatic heterocycles. The fourth-order valence-corrected chi connectivity index (χ4v) is 3.89. The first-order chi connectivity index (χ1) is 13.5. The van der Waals surface area contributed by atoms with Gasteiger partial charge in [0.25, 0.3) is 5.91 Å². The maximum absolute atomic E-state index is 13.0. The largest absolute Gasteiger partial charge is 0.477 e. The van der Waals surface area contributed by atoms with Gasteiger partial charge < -0.3 is 9.84 Å². The summed E-state index contributed by atoms with van der Waals surface area (Å²) in [6.45, 7) is 1.73. The van der Waals surface area contributed by atoms with Crippen molar-refractivity contribution in [1.29, 1.82) is 0 Å². The summed E-state index contributed by atoms with van der Waals surface area (Å²) < 4.78 is 5.91. The number of carbonyl (C=O) groups is 2. The number of fused-ring (bicyclic) bond motifs is 2. The number of carboxylic acids is 1. The molecule has 6 nitrogen and oxygen atoms in total. The average molecular weight is 392 g/mol. The maximum atomic E-state index is 13.0. The lowest BCUT2D eigenvalue weighted by molar-refractivity contribution is -0.121. The minimum absolute atomic E-state index is 0.225. The first kappa shape index (κ1) is 17.9. The molecule has 28 heavy (non-hydrogen) atoms. The van der Waals surface area contributed by atoms with Crippen LogP contribution in [0, 0.1) is 0 Å². The van der Waals surface area contributed by atoms with E-state index in [-0.39, 0.29) is 10.8 Å². The second-order valence-corrected chi connectivity index (χ2v) is 7.34. The van der Waals surface area contributed by atoms with Gasteiger partial charge >= 0.3 is 5.97 Å². The van der Waals surface area contributed by atoms with Crippen LogP contribution in [0.1, 0.15) is 38.5 Å². The highest BCUT2D eigenvalue weighted by Gasteiger charge is 2.32. The van der Waals surface area contributed by atoms with E-state index in [1.54, 1.807) is 13.0 Å². The molecule has 0 saturated heterocycles. The molecule has 0 fully saturated rings. The predicted octanol–water partition coefficient (Wildman–Crippen LogP) is 4.22. The number of amides is 1. The van der Waals surface area contributed by atoms with Crippen LogP contribution in [0.3, 0.4) is 0 Å². The van der Waals surface area contributed by atoms with E-state index < -0.39 is 11.9 Å². The van der Waals surface area contributed by atoms with Crippen molar-refractivity contribution in [1.82, 2.24) is 5.43 Å². The second kappa shape index (κ2) is 7.28. The minimum Gasteiger partial charge on any atom is -0.477 e. The molecule has 0 atom stereocenters. The molecule has 0 spiro atoms. The van der Waals surface area contributed by atoms with Gasteiger partial charge in [0.2, 0.25) is 0 Å². The molecule has 2 heterocycles. The smallest absolute Gasteiger partial charge is 0.345 e.